The molecule has 0 atom stereocenters. The van der Waals surface area contributed by atoms with Crippen molar-refractivity contribution in [2.24, 2.45) is 0 Å². The van der Waals surface area contributed by atoms with E-state index in [1.54, 1.807) is 48.5 Å². The molecule has 240 valence electrons. The normalized spacial score (nSPS) is 11.9. The molecule has 4 aromatic carbocycles. The summed E-state index contributed by atoms with van der Waals surface area (Å²) in [6.07, 6.45) is 0.788. The van der Waals surface area contributed by atoms with Crippen LogP contribution in [0.2, 0.25) is 0 Å². The molecule has 2 heterocycles. The molecule has 0 spiro atoms. The first-order valence-corrected chi connectivity index (χ1v) is 18.1. The molecule has 11 heteroatoms. The minimum absolute atomic E-state index is 0.0389. The van der Waals surface area contributed by atoms with Gasteiger partial charge in [0.15, 0.2) is 0 Å². The molecule has 0 unspecified atom stereocenters. The maximum atomic E-state index is 12.1. The summed E-state index contributed by atoms with van der Waals surface area (Å²) < 4.78 is 70.9. The number of halogens is 1. The molecule has 6 aromatic rings. The number of aryl methyl sites for hydroxylation is 3. The second-order valence-electron chi connectivity index (χ2n) is 10.8. The van der Waals surface area contributed by atoms with Crippen LogP contribution in [0.25, 0.3) is 21.9 Å². The summed E-state index contributed by atoms with van der Waals surface area (Å²) in [6, 6.07) is 28.6. The van der Waals surface area contributed by atoms with Gasteiger partial charge in [-0.3, -0.25) is 8.37 Å². The molecule has 0 aliphatic carbocycles. The van der Waals surface area contributed by atoms with Crippen molar-refractivity contribution in [3.8, 4) is 0 Å². The summed E-state index contributed by atoms with van der Waals surface area (Å²) in [6.45, 7) is 5.91. The Hall–Kier alpha value is -3.74. The maximum Gasteiger partial charge on any atom is 0.296 e. The van der Waals surface area contributed by atoms with E-state index in [1.807, 2.05) is 69.3 Å². The molecule has 0 saturated heterocycles. The fourth-order valence-corrected chi connectivity index (χ4v) is 6.78. The predicted octanol–water partition coefficient (Wildman–Crippen LogP) is 8.45. The van der Waals surface area contributed by atoms with Crippen LogP contribution in [0.1, 0.15) is 28.2 Å². The smallest absolute Gasteiger partial charge is 0.296 e. The van der Waals surface area contributed by atoms with Gasteiger partial charge in [-0.2, -0.15) is 16.8 Å². The van der Waals surface area contributed by atoms with Gasteiger partial charge in [-0.25, -0.2) is 0 Å². The van der Waals surface area contributed by atoms with Gasteiger partial charge < -0.3 is 8.83 Å². The van der Waals surface area contributed by atoms with Crippen LogP contribution in [0.3, 0.4) is 0 Å². The van der Waals surface area contributed by atoms with E-state index >= 15 is 0 Å². The van der Waals surface area contributed by atoms with E-state index in [1.165, 1.54) is 0 Å². The second kappa shape index (κ2) is 14.4. The Balaban J connectivity index is 0.000000181. The van der Waals surface area contributed by atoms with Gasteiger partial charge in [-0.05, 0) is 87.5 Å². The zero-order valence-corrected chi connectivity index (χ0v) is 28.7. The first kappa shape index (κ1) is 33.6. The van der Waals surface area contributed by atoms with E-state index in [9.17, 15) is 16.8 Å². The summed E-state index contributed by atoms with van der Waals surface area (Å²) in [7, 11) is -7.46. The van der Waals surface area contributed by atoms with E-state index in [4.69, 9.17) is 17.2 Å². The zero-order valence-electron chi connectivity index (χ0n) is 25.5. The lowest BCUT2D eigenvalue weighted by Crippen LogP contribution is -2.09. The molecule has 0 amide bonds. The van der Waals surface area contributed by atoms with Crippen molar-refractivity contribution in [1.82, 2.24) is 0 Å². The molecule has 0 saturated carbocycles. The Morgan fingerprint density at radius 1 is 0.543 bits per heavy atom. The third kappa shape index (κ3) is 8.74. The summed E-state index contributed by atoms with van der Waals surface area (Å²) in [5, 5.41) is 1.98. The molecule has 0 bridgehead atoms. The van der Waals surface area contributed by atoms with Crippen LogP contribution in [0.15, 0.2) is 120 Å². The van der Waals surface area contributed by atoms with Crippen LogP contribution in [-0.2, 0) is 41.4 Å². The Morgan fingerprint density at radius 2 is 0.957 bits per heavy atom. The summed E-state index contributed by atoms with van der Waals surface area (Å²) in [4.78, 5) is 0.333. The predicted molar refractivity (Wildman–Crippen MR) is 181 cm³/mol. The van der Waals surface area contributed by atoms with Crippen molar-refractivity contribution in [2.75, 3.05) is 13.2 Å². The van der Waals surface area contributed by atoms with Crippen LogP contribution >= 0.6 is 15.9 Å². The van der Waals surface area contributed by atoms with E-state index in [0.717, 1.165) is 43.1 Å². The van der Waals surface area contributed by atoms with Gasteiger partial charge in [0.2, 0.25) is 0 Å². The maximum absolute atomic E-state index is 12.1. The van der Waals surface area contributed by atoms with Crippen molar-refractivity contribution >= 4 is 58.1 Å². The number of benzene rings is 4. The van der Waals surface area contributed by atoms with Crippen molar-refractivity contribution in [2.45, 2.75) is 43.4 Å². The van der Waals surface area contributed by atoms with Crippen LogP contribution in [0.4, 0.5) is 0 Å². The fraction of sp³-hybridized carbons (Fsp3) is 0.200. The van der Waals surface area contributed by atoms with E-state index < -0.39 is 20.2 Å². The highest BCUT2D eigenvalue weighted by molar-refractivity contribution is 9.10. The van der Waals surface area contributed by atoms with Gasteiger partial charge in [0.1, 0.15) is 22.7 Å². The van der Waals surface area contributed by atoms with E-state index in [-0.39, 0.29) is 23.0 Å². The SMILES string of the molecule is Cc1ccc(S(=O)(=O)OCCc2cc3cc(Br)ccc3o2)cc1.Cc1ccc(S(=O)(=O)OCCc2cc3cc(C)ccc3o2)cc1. The number of hydrogen-bond donors (Lipinski definition) is 0. The molecule has 8 nitrogen and oxygen atoms in total. The zero-order chi connectivity index (χ0) is 32.9. The van der Waals surface area contributed by atoms with Crippen molar-refractivity contribution in [3.05, 3.63) is 130 Å². The highest BCUT2D eigenvalue weighted by Crippen LogP contribution is 2.24. The molecule has 0 aliphatic rings. The highest BCUT2D eigenvalue weighted by atomic mass is 79.9. The second-order valence-corrected chi connectivity index (χ2v) is 15.0. The largest absolute Gasteiger partial charge is 0.461 e. The van der Waals surface area contributed by atoms with Gasteiger partial charge in [-0.15, -0.1) is 0 Å². The van der Waals surface area contributed by atoms with Crippen LogP contribution in [-0.4, -0.2) is 30.0 Å². The molecule has 2 aromatic heterocycles. The Morgan fingerprint density at radius 3 is 1.43 bits per heavy atom. The van der Waals surface area contributed by atoms with Crippen molar-refractivity contribution < 1.29 is 34.0 Å². The van der Waals surface area contributed by atoms with Gasteiger partial charge in [-0.1, -0.05) is 63.0 Å². The molecular weight excluding hydrogens is 692 g/mol. The van der Waals surface area contributed by atoms with E-state index in [2.05, 4.69) is 15.9 Å². The fourth-order valence-electron chi connectivity index (χ4n) is 4.58. The van der Waals surface area contributed by atoms with Crippen LogP contribution < -0.4 is 0 Å². The third-order valence-electron chi connectivity index (χ3n) is 7.05. The molecule has 0 aliphatic heterocycles. The van der Waals surface area contributed by atoms with Gasteiger partial charge in [0.25, 0.3) is 20.2 Å². The number of rotatable bonds is 10. The molecule has 0 radical (unpaired) electrons. The van der Waals surface area contributed by atoms with Crippen LogP contribution in [0, 0.1) is 20.8 Å². The number of hydrogen-bond acceptors (Lipinski definition) is 8. The summed E-state index contributed by atoms with van der Waals surface area (Å²) in [5.41, 5.74) is 4.72. The first-order valence-electron chi connectivity index (χ1n) is 14.5. The van der Waals surface area contributed by atoms with Gasteiger partial charge in [0, 0.05) is 28.1 Å². The Bertz CT molecular complexity index is 2010. The number of furan rings is 2. The van der Waals surface area contributed by atoms with E-state index in [0.29, 0.717) is 24.4 Å². The minimum atomic E-state index is -3.73. The molecule has 0 N–H and O–H groups in total. The topological polar surface area (TPSA) is 113 Å². The Kier molecular flexibility index (Phi) is 10.5. The lowest BCUT2D eigenvalue weighted by molar-refractivity contribution is 0.311. The minimum Gasteiger partial charge on any atom is -0.461 e. The monoisotopic (exact) mass is 724 g/mol. The summed E-state index contributed by atoms with van der Waals surface area (Å²) >= 11 is 3.41. The average Bonchev–Trinajstić information content (AvgIpc) is 3.60. The standard InChI is InChI=1S/C18H18O4S.C17H15BrO4S/c1-13-3-6-17(7-4-13)23(19,20)21-10-9-16-12-15-11-14(2)5-8-18(15)22-16;1-12-2-5-16(6-3-12)23(19,20)21-9-8-15-11-13-10-14(18)4-7-17(13)22-15/h3-8,11-12H,9-10H2,1-2H3;2-7,10-11H,8-9H2,1H3. The average molecular weight is 726 g/mol. The quantitative estimate of drug-likeness (QED) is 0.129. The highest BCUT2D eigenvalue weighted by Gasteiger charge is 2.16. The molecular formula is C35H33BrO8S2. The lowest BCUT2D eigenvalue weighted by Gasteiger charge is -2.05. The molecule has 6 rings (SSSR count). The Labute approximate surface area is 277 Å². The van der Waals surface area contributed by atoms with Crippen molar-refractivity contribution in [1.29, 1.82) is 0 Å². The van der Waals surface area contributed by atoms with Crippen molar-refractivity contribution in [3.63, 3.8) is 0 Å². The summed E-state index contributed by atoms with van der Waals surface area (Å²) in [5.74, 6) is 1.40. The van der Waals surface area contributed by atoms with Gasteiger partial charge >= 0.3 is 0 Å². The first-order chi connectivity index (χ1) is 21.9. The molecule has 46 heavy (non-hydrogen) atoms. The lowest BCUT2D eigenvalue weighted by atomic mass is 10.2. The number of fused-ring (bicyclic) bond motifs is 2. The third-order valence-corrected chi connectivity index (χ3v) is 10.2. The molecule has 0 fully saturated rings. The van der Waals surface area contributed by atoms with Crippen LogP contribution in [0.5, 0.6) is 0 Å². The van der Waals surface area contributed by atoms with Gasteiger partial charge in [0.05, 0.1) is 23.0 Å².